The smallest absolute Gasteiger partial charge is 0.254 e. The van der Waals surface area contributed by atoms with E-state index in [-0.39, 0.29) is 5.91 Å². The van der Waals surface area contributed by atoms with Crippen molar-refractivity contribution in [3.63, 3.8) is 0 Å². The van der Waals surface area contributed by atoms with Crippen LogP contribution in [0.3, 0.4) is 0 Å². The zero-order valence-electron chi connectivity index (χ0n) is 19.8. The average Bonchev–Trinajstić information content (AvgIpc) is 3.45. The molecule has 0 radical (unpaired) electrons. The van der Waals surface area contributed by atoms with Gasteiger partial charge < -0.3 is 19.5 Å². The van der Waals surface area contributed by atoms with Crippen LogP contribution in [0.4, 0.5) is 5.69 Å². The van der Waals surface area contributed by atoms with Crippen LogP contribution < -0.4 is 4.90 Å². The second-order valence-corrected chi connectivity index (χ2v) is 9.56. The Morgan fingerprint density at radius 1 is 1.00 bits per heavy atom. The zero-order chi connectivity index (χ0) is 23.5. The summed E-state index contributed by atoms with van der Waals surface area (Å²) in [6, 6.07) is 18.3. The van der Waals surface area contributed by atoms with Crippen LogP contribution in [0.25, 0.3) is 0 Å². The lowest BCUT2D eigenvalue weighted by Gasteiger charge is -2.39. The van der Waals surface area contributed by atoms with Gasteiger partial charge in [0, 0.05) is 69.5 Å². The molecule has 2 aromatic carbocycles. The summed E-state index contributed by atoms with van der Waals surface area (Å²) in [7, 11) is 0. The minimum atomic E-state index is -0.861. The number of amides is 1. The first kappa shape index (κ1) is 22.6. The van der Waals surface area contributed by atoms with E-state index >= 15 is 0 Å². The van der Waals surface area contributed by atoms with Crippen LogP contribution in [0.1, 0.15) is 28.2 Å². The Bertz CT molecular complexity index is 1120. The molecular weight excluding hydrogens is 426 g/mol. The monoisotopic (exact) mass is 459 g/mol. The number of aliphatic hydroxyl groups is 1. The molecule has 2 saturated heterocycles. The summed E-state index contributed by atoms with van der Waals surface area (Å²) in [5, 5.41) is 11.3. The quantitative estimate of drug-likeness (QED) is 0.614. The van der Waals surface area contributed by atoms with Crippen LogP contribution in [-0.4, -0.2) is 81.8 Å². The minimum absolute atomic E-state index is 0.00168. The second kappa shape index (κ2) is 9.60. The molecule has 2 aliphatic heterocycles. The van der Waals surface area contributed by atoms with Gasteiger partial charge in [0.1, 0.15) is 5.82 Å². The standard InChI is InChI=1S/C27H33N5O2/c1-22-28-12-14-31(22)19-23-7-5-6-10-25(23)26(33)32-13-11-27(34,21-32)20-29-15-17-30(18-16-29)24-8-3-2-4-9-24/h2-10,12,14,34H,11,13,15-21H2,1H3/t27-/m0/s1. The zero-order valence-corrected chi connectivity index (χ0v) is 19.8. The fourth-order valence-electron chi connectivity index (χ4n) is 5.17. The molecule has 0 aliphatic carbocycles. The van der Waals surface area contributed by atoms with Gasteiger partial charge in [-0.3, -0.25) is 9.69 Å². The van der Waals surface area contributed by atoms with Crippen molar-refractivity contribution in [2.75, 3.05) is 50.7 Å². The molecule has 1 aromatic heterocycles. The molecule has 0 spiro atoms. The maximum absolute atomic E-state index is 13.4. The van der Waals surface area contributed by atoms with E-state index in [9.17, 15) is 9.90 Å². The van der Waals surface area contributed by atoms with Crippen molar-refractivity contribution < 1.29 is 9.90 Å². The van der Waals surface area contributed by atoms with Crippen LogP contribution in [0.5, 0.6) is 0 Å². The SMILES string of the molecule is Cc1nccn1Cc1ccccc1C(=O)N1CC[C@](O)(CN2CCN(c3ccccc3)CC2)C1. The normalized spacial score (nSPS) is 21.2. The van der Waals surface area contributed by atoms with Gasteiger partial charge in [-0.2, -0.15) is 0 Å². The third kappa shape index (κ3) is 4.86. The predicted molar refractivity (Wildman–Crippen MR) is 133 cm³/mol. The number of nitrogens with zero attached hydrogens (tertiary/aromatic N) is 5. The van der Waals surface area contributed by atoms with Crippen LogP contribution in [0.2, 0.25) is 0 Å². The number of imidazole rings is 1. The Morgan fingerprint density at radius 3 is 2.47 bits per heavy atom. The average molecular weight is 460 g/mol. The van der Waals surface area contributed by atoms with E-state index in [1.54, 1.807) is 6.20 Å². The largest absolute Gasteiger partial charge is 0.387 e. The summed E-state index contributed by atoms with van der Waals surface area (Å²) in [4.78, 5) is 24.3. The molecule has 178 valence electrons. The number of anilines is 1. The molecule has 3 aromatic rings. The molecule has 34 heavy (non-hydrogen) atoms. The fraction of sp³-hybridized carbons (Fsp3) is 0.407. The lowest BCUT2D eigenvalue weighted by atomic mass is 10.0. The number of aryl methyl sites for hydroxylation is 1. The van der Waals surface area contributed by atoms with Crippen molar-refractivity contribution in [2.45, 2.75) is 25.5 Å². The maximum Gasteiger partial charge on any atom is 0.254 e. The number of piperazine rings is 1. The number of carbonyl (C=O) groups is 1. The van der Waals surface area contributed by atoms with Gasteiger partial charge in [-0.15, -0.1) is 0 Å². The Hall–Kier alpha value is -3.16. The third-order valence-electron chi connectivity index (χ3n) is 7.14. The first-order valence-corrected chi connectivity index (χ1v) is 12.1. The number of benzene rings is 2. The maximum atomic E-state index is 13.4. The summed E-state index contributed by atoms with van der Waals surface area (Å²) in [5.41, 5.74) is 2.07. The van der Waals surface area contributed by atoms with Crippen molar-refractivity contribution >= 4 is 11.6 Å². The van der Waals surface area contributed by atoms with Gasteiger partial charge in [-0.25, -0.2) is 4.98 Å². The first-order chi connectivity index (χ1) is 16.5. The van der Waals surface area contributed by atoms with Gasteiger partial charge in [-0.1, -0.05) is 36.4 Å². The first-order valence-electron chi connectivity index (χ1n) is 12.1. The summed E-state index contributed by atoms with van der Waals surface area (Å²) in [6.07, 6.45) is 4.32. The van der Waals surface area contributed by atoms with Gasteiger partial charge in [0.2, 0.25) is 0 Å². The van der Waals surface area contributed by atoms with Crippen LogP contribution >= 0.6 is 0 Å². The van der Waals surface area contributed by atoms with E-state index in [2.05, 4.69) is 39.0 Å². The number of hydrogen-bond donors (Lipinski definition) is 1. The summed E-state index contributed by atoms with van der Waals surface area (Å²) in [5.74, 6) is 0.920. The number of aromatic nitrogens is 2. The summed E-state index contributed by atoms with van der Waals surface area (Å²) in [6.45, 7) is 7.86. The van der Waals surface area contributed by atoms with Gasteiger partial charge in [0.25, 0.3) is 5.91 Å². The summed E-state index contributed by atoms with van der Waals surface area (Å²) < 4.78 is 2.04. The number of β-amino-alcohol motifs (C(OH)–C–C–N with tert-alkyl or cyclic N) is 1. The van der Waals surface area contributed by atoms with Gasteiger partial charge in [0.05, 0.1) is 12.1 Å². The van der Waals surface area contributed by atoms with E-state index in [0.29, 0.717) is 38.2 Å². The van der Waals surface area contributed by atoms with Crippen molar-refractivity contribution in [3.8, 4) is 0 Å². The molecule has 0 saturated carbocycles. The molecule has 3 heterocycles. The Balaban J connectivity index is 1.20. The summed E-state index contributed by atoms with van der Waals surface area (Å²) >= 11 is 0. The highest BCUT2D eigenvalue weighted by molar-refractivity contribution is 5.96. The third-order valence-corrected chi connectivity index (χ3v) is 7.14. The Kier molecular flexibility index (Phi) is 6.39. The number of para-hydroxylation sites is 1. The topological polar surface area (TPSA) is 64.8 Å². The molecule has 0 bridgehead atoms. The van der Waals surface area contributed by atoms with Crippen molar-refractivity contribution in [2.24, 2.45) is 0 Å². The van der Waals surface area contributed by atoms with Gasteiger partial charge in [-0.05, 0) is 37.1 Å². The molecule has 1 atom stereocenters. The van der Waals surface area contributed by atoms with Gasteiger partial charge >= 0.3 is 0 Å². The second-order valence-electron chi connectivity index (χ2n) is 9.56. The number of carbonyl (C=O) groups excluding carboxylic acids is 1. The Morgan fingerprint density at radius 2 is 1.74 bits per heavy atom. The molecular formula is C27H33N5O2. The molecule has 5 rings (SSSR count). The predicted octanol–water partition coefficient (Wildman–Crippen LogP) is 2.64. The lowest BCUT2D eigenvalue weighted by molar-refractivity contribution is 0.0103. The highest BCUT2D eigenvalue weighted by atomic mass is 16.3. The minimum Gasteiger partial charge on any atom is -0.387 e. The van der Waals surface area contributed by atoms with Gasteiger partial charge in [0.15, 0.2) is 0 Å². The van der Waals surface area contributed by atoms with E-state index in [1.807, 2.05) is 52.9 Å². The van der Waals surface area contributed by atoms with Crippen LogP contribution in [0.15, 0.2) is 67.0 Å². The molecule has 0 unspecified atom stereocenters. The molecule has 1 amide bonds. The molecule has 7 nitrogen and oxygen atoms in total. The number of hydrogen-bond acceptors (Lipinski definition) is 5. The van der Waals surface area contributed by atoms with Crippen molar-refractivity contribution in [3.05, 3.63) is 83.9 Å². The van der Waals surface area contributed by atoms with Crippen LogP contribution in [0, 0.1) is 6.92 Å². The fourth-order valence-corrected chi connectivity index (χ4v) is 5.17. The number of rotatable bonds is 6. The molecule has 2 aliphatic rings. The van der Waals surface area contributed by atoms with Crippen molar-refractivity contribution in [1.29, 1.82) is 0 Å². The lowest BCUT2D eigenvalue weighted by Crippen LogP contribution is -2.53. The van der Waals surface area contributed by atoms with E-state index in [4.69, 9.17) is 0 Å². The molecule has 7 heteroatoms. The van der Waals surface area contributed by atoms with Crippen molar-refractivity contribution in [1.82, 2.24) is 19.4 Å². The van der Waals surface area contributed by atoms with E-state index < -0.39 is 5.60 Å². The van der Waals surface area contributed by atoms with E-state index in [1.165, 1.54) is 5.69 Å². The Labute approximate surface area is 201 Å². The van der Waals surface area contributed by atoms with Crippen LogP contribution in [-0.2, 0) is 6.54 Å². The van der Waals surface area contributed by atoms with E-state index in [0.717, 1.165) is 37.6 Å². The highest BCUT2D eigenvalue weighted by Gasteiger charge is 2.40. The highest BCUT2D eigenvalue weighted by Crippen LogP contribution is 2.26. The molecule has 2 fully saturated rings. The number of likely N-dealkylation sites (tertiary alicyclic amines) is 1. The molecule has 1 N–H and O–H groups in total.